The molecule has 1 fully saturated rings. The highest BCUT2D eigenvalue weighted by Crippen LogP contribution is 2.36. The van der Waals surface area contributed by atoms with Crippen molar-refractivity contribution in [3.63, 3.8) is 0 Å². The minimum Gasteiger partial charge on any atom is -0.493 e. The Hall–Kier alpha value is -4.37. The van der Waals surface area contributed by atoms with Gasteiger partial charge < -0.3 is 44.0 Å². The molecule has 0 saturated carbocycles. The molecule has 4 atom stereocenters. The van der Waals surface area contributed by atoms with Gasteiger partial charge in [0, 0.05) is 45.8 Å². The fraction of sp³-hybridized carbons (Fsp3) is 0.658. The van der Waals surface area contributed by atoms with Crippen LogP contribution >= 0.6 is 0 Å². The molecule has 0 radical (unpaired) electrons. The second-order valence-corrected chi connectivity index (χ2v) is 14.9. The summed E-state index contributed by atoms with van der Waals surface area (Å²) in [5.74, 6) is -0.496. The summed E-state index contributed by atoms with van der Waals surface area (Å²) in [4.78, 5) is 56.9. The number of nitrogens with one attached hydrogen (secondary N) is 1. The summed E-state index contributed by atoms with van der Waals surface area (Å²) < 4.78 is 35.2. The molecular formula is C38H59N5O10. The number of hydrogen-bond acceptors (Lipinski definition) is 11. The lowest BCUT2D eigenvalue weighted by atomic mass is 9.80. The zero-order valence-corrected chi connectivity index (χ0v) is 32.7. The molecule has 296 valence electrons. The van der Waals surface area contributed by atoms with Crippen LogP contribution in [-0.2, 0) is 42.0 Å². The van der Waals surface area contributed by atoms with Crippen molar-refractivity contribution in [1.82, 2.24) is 19.8 Å². The van der Waals surface area contributed by atoms with Crippen molar-refractivity contribution in [2.24, 2.45) is 41.9 Å². The first-order valence-corrected chi connectivity index (χ1v) is 18.1. The Balaban J connectivity index is 1.84. The molecule has 1 saturated heterocycles. The summed E-state index contributed by atoms with van der Waals surface area (Å²) in [6.45, 7) is 12.0. The Morgan fingerprint density at radius 2 is 1.77 bits per heavy atom. The van der Waals surface area contributed by atoms with Crippen molar-refractivity contribution in [1.29, 1.82) is 0 Å². The van der Waals surface area contributed by atoms with Crippen LogP contribution in [0.25, 0.3) is 0 Å². The molecule has 1 aliphatic heterocycles. The lowest BCUT2D eigenvalue weighted by Gasteiger charge is -2.33. The zero-order valence-electron chi connectivity index (χ0n) is 32.7. The Morgan fingerprint density at radius 1 is 1.04 bits per heavy atom. The number of rotatable bonds is 21. The summed E-state index contributed by atoms with van der Waals surface area (Å²) in [7, 11) is 4.97. The van der Waals surface area contributed by atoms with Gasteiger partial charge in [0.15, 0.2) is 17.2 Å². The Morgan fingerprint density at radius 3 is 2.38 bits per heavy atom. The Labute approximate surface area is 313 Å². The van der Waals surface area contributed by atoms with E-state index in [2.05, 4.69) is 24.1 Å². The minimum absolute atomic E-state index is 0.0684. The van der Waals surface area contributed by atoms with Crippen LogP contribution in [0.5, 0.6) is 11.5 Å². The van der Waals surface area contributed by atoms with E-state index in [-0.39, 0.29) is 42.6 Å². The average Bonchev–Trinajstić information content (AvgIpc) is 3.73. The number of carbonyl (C=O) groups is 4. The third kappa shape index (κ3) is 12.6. The lowest BCUT2D eigenvalue weighted by molar-refractivity contribution is -0.130. The summed E-state index contributed by atoms with van der Waals surface area (Å²) in [6, 6.07) is 5.41. The highest BCUT2D eigenvalue weighted by molar-refractivity contribution is 5.87. The summed E-state index contributed by atoms with van der Waals surface area (Å²) in [6.07, 6.45) is 3.98. The number of methoxy groups -OCH3 is 2. The molecule has 1 aliphatic rings. The monoisotopic (exact) mass is 745 g/mol. The van der Waals surface area contributed by atoms with E-state index in [1.165, 1.54) is 17.4 Å². The van der Waals surface area contributed by atoms with Gasteiger partial charge in [0.25, 0.3) is 0 Å². The SMILES string of the molecule is COCCCOc1cc(C[C@@H](C[C@H]2[C@H](C[C@H](C(=O)NCC(C)(C)C(N)=O)C(C)C)OCN2C(=O)OCOC(=O)c2cn(C)cn2)C(C)C)ccc1OC. The zero-order chi connectivity index (χ0) is 39.3. The van der Waals surface area contributed by atoms with Gasteiger partial charge in [-0.25, -0.2) is 14.6 Å². The van der Waals surface area contributed by atoms with Gasteiger partial charge in [-0.2, -0.15) is 0 Å². The van der Waals surface area contributed by atoms with Crippen LogP contribution in [0.1, 0.15) is 76.9 Å². The molecule has 53 heavy (non-hydrogen) atoms. The number of aromatic nitrogens is 2. The van der Waals surface area contributed by atoms with Crippen molar-refractivity contribution >= 4 is 23.9 Å². The maximum absolute atomic E-state index is 13.6. The minimum atomic E-state index is -0.926. The van der Waals surface area contributed by atoms with E-state index in [0.29, 0.717) is 44.0 Å². The molecule has 1 aromatic heterocycles. The van der Waals surface area contributed by atoms with E-state index in [1.807, 2.05) is 32.0 Å². The molecule has 0 bridgehead atoms. The number of esters is 1. The normalized spacial score (nSPS) is 17.1. The fourth-order valence-corrected chi connectivity index (χ4v) is 6.09. The average molecular weight is 746 g/mol. The van der Waals surface area contributed by atoms with E-state index >= 15 is 0 Å². The number of ether oxygens (including phenoxy) is 6. The molecule has 0 aliphatic carbocycles. The fourth-order valence-electron chi connectivity index (χ4n) is 6.09. The van der Waals surface area contributed by atoms with E-state index in [4.69, 9.17) is 34.2 Å². The molecular weight excluding hydrogens is 686 g/mol. The smallest absolute Gasteiger partial charge is 0.414 e. The van der Waals surface area contributed by atoms with Gasteiger partial charge in [-0.1, -0.05) is 33.8 Å². The van der Waals surface area contributed by atoms with E-state index in [0.717, 1.165) is 12.0 Å². The van der Waals surface area contributed by atoms with Crippen molar-refractivity contribution < 1.29 is 47.6 Å². The Kier molecular flexibility index (Phi) is 16.4. The maximum atomic E-state index is 13.6. The van der Waals surface area contributed by atoms with Gasteiger partial charge >= 0.3 is 12.1 Å². The van der Waals surface area contributed by atoms with Gasteiger partial charge in [-0.05, 0) is 68.6 Å². The highest BCUT2D eigenvalue weighted by atomic mass is 16.7. The van der Waals surface area contributed by atoms with Crippen molar-refractivity contribution in [3.8, 4) is 11.5 Å². The molecule has 0 spiro atoms. The topological polar surface area (TPSA) is 183 Å². The number of imidazole rings is 1. The standard InChI is InChI=1S/C38H59N5O10/c1-24(2)27(15-26-11-12-31(49-9)33(16-26)50-14-10-13-48-8)17-30-32(18-28(25(3)4)34(44)40-20-38(5,6)36(39)46)51-22-43(30)37(47)53-23-52-35(45)29-19-42(7)21-41-29/h11-12,16,19,21,24-25,27-28,30,32H,10,13-15,17-18,20,22-23H2,1-9H3,(H2,39,46)(H,40,44)/t27-,28-,30-,32-/m0/s1. The first-order chi connectivity index (χ1) is 25.1. The number of primary amides is 1. The third-order valence-electron chi connectivity index (χ3n) is 9.74. The lowest BCUT2D eigenvalue weighted by Crippen LogP contribution is -2.47. The van der Waals surface area contributed by atoms with Crippen LogP contribution in [-0.4, -0.2) is 98.0 Å². The first-order valence-electron chi connectivity index (χ1n) is 18.1. The molecule has 2 heterocycles. The molecule has 3 rings (SSSR count). The predicted octanol–water partition coefficient (Wildman–Crippen LogP) is 4.32. The number of benzene rings is 1. The van der Waals surface area contributed by atoms with Gasteiger partial charge in [-0.3, -0.25) is 14.5 Å². The highest BCUT2D eigenvalue weighted by Gasteiger charge is 2.43. The van der Waals surface area contributed by atoms with E-state index in [1.54, 1.807) is 39.7 Å². The molecule has 3 N–H and O–H groups in total. The van der Waals surface area contributed by atoms with Crippen LogP contribution in [0.4, 0.5) is 4.79 Å². The molecule has 0 unspecified atom stereocenters. The largest absolute Gasteiger partial charge is 0.493 e. The van der Waals surface area contributed by atoms with Crippen molar-refractivity contribution in [2.75, 3.05) is 47.5 Å². The predicted molar refractivity (Wildman–Crippen MR) is 196 cm³/mol. The molecule has 15 heteroatoms. The third-order valence-corrected chi connectivity index (χ3v) is 9.74. The van der Waals surface area contributed by atoms with Crippen LogP contribution < -0.4 is 20.5 Å². The van der Waals surface area contributed by atoms with Crippen LogP contribution in [0.2, 0.25) is 0 Å². The number of hydrogen-bond donors (Lipinski definition) is 2. The number of carbonyl (C=O) groups excluding carboxylic acids is 4. The summed E-state index contributed by atoms with van der Waals surface area (Å²) in [5, 5.41) is 2.91. The molecule has 2 aromatic rings. The number of aryl methyl sites for hydroxylation is 1. The van der Waals surface area contributed by atoms with Gasteiger partial charge in [0.05, 0.1) is 37.6 Å². The number of nitrogens with zero attached hydrogens (tertiary/aromatic N) is 3. The molecule has 15 nitrogen and oxygen atoms in total. The Bertz CT molecular complexity index is 1510. The van der Waals surface area contributed by atoms with Crippen molar-refractivity contribution in [3.05, 3.63) is 42.0 Å². The summed E-state index contributed by atoms with van der Waals surface area (Å²) >= 11 is 0. The van der Waals surface area contributed by atoms with Crippen LogP contribution in [0, 0.1) is 29.1 Å². The second kappa shape index (κ2) is 20.2. The van der Waals surface area contributed by atoms with Crippen LogP contribution in [0.3, 0.4) is 0 Å². The van der Waals surface area contributed by atoms with Crippen LogP contribution in [0.15, 0.2) is 30.7 Å². The second-order valence-electron chi connectivity index (χ2n) is 14.9. The first kappa shape index (κ1) is 43.0. The van der Waals surface area contributed by atoms with E-state index < -0.39 is 48.2 Å². The molecule has 1 aromatic carbocycles. The van der Waals surface area contributed by atoms with Gasteiger partial charge in [0.1, 0.15) is 6.73 Å². The van der Waals surface area contributed by atoms with Crippen molar-refractivity contribution in [2.45, 2.75) is 79.4 Å². The maximum Gasteiger partial charge on any atom is 0.414 e. The van der Waals surface area contributed by atoms with Gasteiger partial charge in [-0.15, -0.1) is 0 Å². The molecule has 3 amide bonds. The van der Waals surface area contributed by atoms with Gasteiger partial charge in [0.2, 0.25) is 18.6 Å². The summed E-state index contributed by atoms with van der Waals surface area (Å²) in [5.41, 5.74) is 5.74. The van der Waals surface area contributed by atoms with E-state index in [9.17, 15) is 19.2 Å². The quantitative estimate of drug-likeness (QED) is 0.106. The number of amides is 3. The number of nitrogens with two attached hydrogens (primary N) is 1.